The quantitative estimate of drug-likeness (QED) is 0.679. The molecule has 120 valence electrons. The normalized spacial score (nSPS) is 21.9. The van der Waals surface area contributed by atoms with Crippen molar-refractivity contribution in [2.75, 3.05) is 7.11 Å². The summed E-state index contributed by atoms with van der Waals surface area (Å²) in [5.74, 6) is 0.783. The van der Waals surface area contributed by atoms with Gasteiger partial charge in [0.15, 0.2) is 0 Å². The fraction of sp³-hybridized carbons (Fsp3) is 0.350. The van der Waals surface area contributed by atoms with Gasteiger partial charge in [-0.2, -0.15) is 0 Å². The summed E-state index contributed by atoms with van der Waals surface area (Å²) in [4.78, 5) is 4.39. The van der Waals surface area contributed by atoms with E-state index in [0.29, 0.717) is 6.42 Å². The molecular weight excluding hydrogens is 350 g/mol. The Morgan fingerprint density at radius 2 is 2.09 bits per heavy atom. The molecule has 0 aromatic heterocycles. The molecule has 0 fully saturated rings. The van der Waals surface area contributed by atoms with Crippen molar-refractivity contribution in [2.45, 2.75) is 33.2 Å². The molecule has 1 aliphatic heterocycles. The molecule has 0 bridgehead atoms. The van der Waals surface area contributed by atoms with Crippen molar-refractivity contribution in [3.8, 4) is 16.9 Å². The highest BCUT2D eigenvalue weighted by Gasteiger charge is 2.27. The number of benzene rings is 2. The maximum Gasteiger partial charge on any atom is 0.140 e. The summed E-state index contributed by atoms with van der Waals surface area (Å²) in [6.45, 7) is 6.01. The third-order valence-electron chi connectivity index (χ3n) is 4.12. The smallest absolute Gasteiger partial charge is 0.140 e. The van der Waals surface area contributed by atoms with Gasteiger partial charge in [0.25, 0.3) is 0 Å². The molecule has 0 saturated carbocycles. The van der Waals surface area contributed by atoms with Crippen molar-refractivity contribution in [1.82, 2.24) is 0 Å². The largest absolute Gasteiger partial charge is 0.495 e. The van der Waals surface area contributed by atoms with Gasteiger partial charge < -0.3 is 4.74 Å². The van der Waals surface area contributed by atoms with Crippen LogP contribution in [0.5, 0.6) is 5.75 Å². The topological polar surface area (TPSA) is 21.6 Å². The predicted molar refractivity (Wildman–Crippen MR) is 101 cm³/mol. The Balaban J connectivity index is 2.13. The van der Waals surface area contributed by atoms with Crippen molar-refractivity contribution in [1.29, 1.82) is 0 Å². The van der Waals surface area contributed by atoms with Crippen LogP contribution in [0.15, 0.2) is 45.9 Å². The third-order valence-corrected chi connectivity index (χ3v) is 4.75. The van der Waals surface area contributed by atoms with Gasteiger partial charge in [-0.1, -0.05) is 51.1 Å². The number of hydrogen-bond acceptors (Lipinski definition) is 2. The number of methoxy groups -OCH3 is 1. The average molecular weight is 374 g/mol. The molecule has 0 amide bonds. The molecule has 1 atom stereocenters. The van der Waals surface area contributed by atoms with Crippen molar-refractivity contribution >= 4 is 22.1 Å². The molecule has 0 radical (unpaired) electrons. The molecule has 23 heavy (non-hydrogen) atoms. The molecule has 3 heteroatoms. The Kier molecular flexibility index (Phi) is 3.67. The minimum absolute atomic E-state index is 0.193. The van der Waals surface area contributed by atoms with Crippen LogP contribution in [0.4, 0.5) is 0 Å². The van der Waals surface area contributed by atoms with Gasteiger partial charge in [0.1, 0.15) is 5.75 Å². The molecule has 1 aliphatic rings. The Morgan fingerprint density at radius 3 is 2.78 bits per heavy atom. The van der Waals surface area contributed by atoms with Gasteiger partial charge in [-0.15, -0.1) is 0 Å². The van der Waals surface area contributed by atoms with E-state index in [1.165, 1.54) is 0 Å². The highest BCUT2D eigenvalue weighted by atomic mass is 79.9. The summed E-state index contributed by atoms with van der Waals surface area (Å²) in [6, 6.07) is 10.9. The van der Waals surface area contributed by atoms with E-state index in [0.717, 1.165) is 32.5 Å². The van der Waals surface area contributed by atoms with Crippen LogP contribution in [0.1, 0.15) is 34.6 Å². The Hall–Kier alpha value is -1.61. The highest BCUT2D eigenvalue weighted by Crippen LogP contribution is 2.38. The van der Waals surface area contributed by atoms with Crippen LogP contribution < -0.4 is 4.74 Å². The van der Waals surface area contributed by atoms with Crippen LogP contribution in [-0.2, 0) is 6.42 Å². The fourth-order valence-corrected chi connectivity index (χ4v) is 3.27. The number of fused-ring (bicyclic) bond motifs is 1. The molecule has 0 aliphatic carbocycles. The van der Waals surface area contributed by atoms with Gasteiger partial charge in [0.05, 0.1) is 20.3 Å². The maximum atomic E-state index is 8.78. The van der Waals surface area contributed by atoms with Gasteiger partial charge in [-0.05, 0) is 50.5 Å². The highest BCUT2D eigenvalue weighted by molar-refractivity contribution is 9.10. The lowest BCUT2D eigenvalue weighted by Crippen LogP contribution is -2.29. The monoisotopic (exact) mass is 373 g/mol. The first-order valence-corrected chi connectivity index (χ1v) is 8.48. The number of para-hydroxylation sites is 1. The van der Waals surface area contributed by atoms with Gasteiger partial charge >= 0.3 is 0 Å². The van der Waals surface area contributed by atoms with Crippen LogP contribution in [0.2, 0.25) is 0 Å². The van der Waals surface area contributed by atoms with E-state index >= 15 is 0 Å². The second kappa shape index (κ2) is 6.12. The van der Waals surface area contributed by atoms with Gasteiger partial charge in [0, 0.05) is 11.8 Å². The molecule has 0 spiro atoms. The van der Waals surface area contributed by atoms with E-state index in [1.807, 2.05) is 51.1 Å². The van der Waals surface area contributed by atoms with E-state index in [2.05, 4.69) is 27.0 Å². The summed E-state index contributed by atoms with van der Waals surface area (Å²) in [5, 5.41) is 0. The Labute approximate surface area is 149 Å². The van der Waals surface area contributed by atoms with E-state index in [-0.39, 0.29) is 11.6 Å². The first kappa shape index (κ1) is 13.8. The Morgan fingerprint density at radius 1 is 1.30 bits per heavy atom. The lowest BCUT2D eigenvalue weighted by Gasteiger charge is -2.30. The van der Waals surface area contributed by atoms with E-state index in [9.17, 15) is 0 Å². The molecule has 2 aromatic rings. The van der Waals surface area contributed by atoms with Crippen molar-refractivity contribution in [2.24, 2.45) is 10.4 Å². The average Bonchev–Trinajstić information content (AvgIpc) is 2.52. The SMILES string of the molecule is [2H]C1=NC([2H])(C(C)(C)C)Cc2cc(-c3cccc(Br)c3OC)ccc21. The van der Waals surface area contributed by atoms with Gasteiger partial charge in [0.2, 0.25) is 0 Å². The zero-order chi connectivity index (χ0) is 18.4. The zero-order valence-electron chi connectivity index (χ0n) is 15.9. The summed E-state index contributed by atoms with van der Waals surface area (Å²) in [6.07, 6.45) is 0.692. The minimum Gasteiger partial charge on any atom is -0.495 e. The first-order valence-electron chi connectivity index (χ1n) is 8.69. The van der Waals surface area contributed by atoms with Crippen molar-refractivity contribution < 1.29 is 7.48 Å². The summed E-state index contributed by atoms with van der Waals surface area (Å²) in [7, 11) is 1.66. The number of ether oxygens (including phenoxy) is 1. The number of nitrogens with zero attached hydrogens (tertiary/aromatic N) is 1. The number of rotatable bonds is 2. The molecule has 0 N–H and O–H groups in total. The molecule has 1 unspecified atom stereocenters. The fourth-order valence-electron chi connectivity index (χ4n) is 2.74. The van der Waals surface area contributed by atoms with Crippen LogP contribution in [0.25, 0.3) is 11.1 Å². The van der Waals surface area contributed by atoms with Crippen molar-refractivity contribution in [3.63, 3.8) is 0 Å². The lowest BCUT2D eigenvalue weighted by atomic mass is 9.81. The van der Waals surface area contributed by atoms with Crippen molar-refractivity contribution in [3.05, 3.63) is 52.0 Å². The third kappa shape index (κ3) is 3.20. The van der Waals surface area contributed by atoms with Crippen LogP contribution in [0.3, 0.4) is 0 Å². The predicted octanol–water partition coefficient (Wildman–Crippen LogP) is 5.51. The Bertz CT molecular complexity index is 857. The molecule has 2 aromatic carbocycles. The van der Waals surface area contributed by atoms with E-state index in [1.54, 1.807) is 7.11 Å². The standard InChI is InChI=1S/C20H22BrNO/c1-20(2,3)18-11-15-10-13(8-9-14(15)12-22-18)16-6-5-7-17(21)19(16)23-4/h5-10,12,18H,11H2,1-4H3/i12D,18D. The molecule has 0 saturated heterocycles. The number of aliphatic imine (C=N–C) groups is 1. The van der Waals surface area contributed by atoms with Gasteiger partial charge in [-0.3, -0.25) is 4.99 Å². The summed E-state index contributed by atoms with van der Waals surface area (Å²) < 4.78 is 23.5. The van der Waals surface area contributed by atoms with E-state index < -0.39 is 6.02 Å². The van der Waals surface area contributed by atoms with Gasteiger partial charge in [-0.25, -0.2) is 0 Å². The molecular formula is C20H22BrNO. The second-order valence-electron chi connectivity index (χ2n) is 6.79. The molecule has 2 nitrogen and oxygen atoms in total. The molecule has 3 rings (SSSR count). The summed E-state index contributed by atoms with van der Waals surface area (Å²) in [5.41, 5.74) is 3.46. The van der Waals surface area contributed by atoms with Crippen LogP contribution in [0, 0.1) is 5.41 Å². The maximum absolute atomic E-state index is 8.78. The second-order valence-corrected chi connectivity index (χ2v) is 7.64. The van der Waals surface area contributed by atoms with Crippen LogP contribution in [-0.4, -0.2) is 19.3 Å². The minimum atomic E-state index is -1.03. The zero-order valence-corrected chi connectivity index (χ0v) is 15.5. The number of hydrogen-bond donors (Lipinski definition) is 0. The summed E-state index contributed by atoms with van der Waals surface area (Å²) >= 11 is 3.53. The number of halogens is 1. The lowest BCUT2D eigenvalue weighted by molar-refractivity contribution is 0.319. The van der Waals surface area contributed by atoms with E-state index in [4.69, 9.17) is 7.48 Å². The van der Waals surface area contributed by atoms with Crippen LogP contribution >= 0.6 is 15.9 Å². The molecule has 1 heterocycles. The first-order chi connectivity index (χ1) is 11.7.